The van der Waals surface area contributed by atoms with Crippen LogP contribution in [0.4, 0.5) is 0 Å². The molecule has 0 saturated heterocycles. The number of nitrogens with zero attached hydrogens (tertiary/aromatic N) is 2. The van der Waals surface area contributed by atoms with Crippen molar-refractivity contribution in [2.45, 2.75) is 13.3 Å². The van der Waals surface area contributed by atoms with Crippen molar-refractivity contribution in [1.82, 2.24) is 4.90 Å². The van der Waals surface area contributed by atoms with E-state index in [0.717, 1.165) is 4.90 Å². The molecule has 33 heavy (non-hydrogen) atoms. The number of methoxy groups -OCH3 is 1. The van der Waals surface area contributed by atoms with Crippen molar-refractivity contribution in [3.8, 4) is 17.6 Å². The van der Waals surface area contributed by atoms with E-state index in [0.29, 0.717) is 16.7 Å². The topological polar surface area (TPSA) is 123 Å². The highest BCUT2D eigenvalue weighted by Crippen LogP contribution is 2.30. The molecule has 1 aliphatic heterocycles. The monoisotopic (exact) mass is 448 g/mol. The van der Waals surface area contributed by atoms with Gasteiger partial charge in [0.25, 0.3) is 11.8 Å². The Morgan fingerprint density at radius 3 is 2.30 bits per heavy atom. The maximum atomic E-state index is 12.4. The molecule has 168 valence electrons. The van der Waals surface area contributed by atoms with Crippen LogP contribution in [0.3, 0.4) is 0 Å². The number of ether oxygens (including phenoxy) is 3. The number of amides is 2. The summed E-state index contributed by atoms with van der Waals surface area (Å²) in [5.74, 6) is -2.02. The molecule has 9 nitrogen and oxygen atoms in total. The highest BCUT2D eigenvalue weighted by atomic mass is 16.6. The predicted octanol–water partition coefficient (Wildman–Crippen LogP) is 2.76. The van der Waals surface area contributed by atoms with Crippen molar-refractivity contribution in [2.75, 3.05) is 20.3 Å². The lowest BCUT2D eigenvalue weighted by atomic mass is 10.1. The van der Waals surface area contributed by atoms with Crippen molar-refractivity contribution in [1.29, 1.82) is 5.26 Å². The minimum absolute atomic E-state index is 0.108. The van der Waals surface area contributed by atoms with Gasteiger partial charge in [0, 0.05) is 6.54 Å². The molecule has 9 heteroatoms. The Morgan fingerprint density at radius 1 is 1.06 bits per heavy atom. The first-order valence-corrected chi connectivity index (χ1v) is 10.0. The summed E-state index contributed by atoms with van der Waals surface area (Å²) in [6, 6.07) is 12.7. The van der Waals surface area contributed by atoms with E-state index < -0.39 is 23.8 Å². The van der Waals surface area contributed by atoms with E-state index in [-0.39, 0.29) is 36.6 Å². The average molecular weight is 448 g/mol. The maximum absolute atomic E-state index is 12.4. The summed E-state index contributed by atoms with van der Waals surface area (Å²) in [5, 5.41) is 9.16. The quantitative estimate of drug-likeness (QED) is 0.199. The number of carbonyl (C=O) groups is 4. The molecular formula is C24H20N2O7. The van der Waals surface area contributed by atoms with Crippen LogP contribution in [-0.2, 0) is 14.3 Å². The summed E-state index contributed by atoms with van der Waals surface area (Å²) in [5.41, 5.74) is 0.883. The van der Waals surface area contributed by atoms with Crippen molar-refractivity contribution in [3.63, 3.8) is 0 Å². The smallest absolute Gasteiger partial charge is 0.348 e. The second kappa shape index (κ2) is 10.2. The lowest BCUT2D eigenvalue weighted by molar-refractivity contribution is -0.138. The summed E-state index contributed by atoms with van der Waals surface area (Å²) < 4.78 is 15.4. The van der Waals surface area contributed by atoms with E-state index in [1.54, 1.807) is 37.3 Å². The van der Waals surface area contributed by atoms with Gasteiger partial charge in [-0.1, -0.05) is 18.2 Å². The fraction of sp³-hybridized carbons (Fsp3) is 0.208. The summed E-state index contributed by atoms with van der Waals surface area (Å²) in [6.07, 6.45) is 1.12. The van der Waals surface area contributed by atoms with Gasteiger partial charge in [-0.05, 0) is 42.8 Å². The Kier molecular flexibility index (Phi) is 7.20. The first kappa shape index (κ1) is 23.2. The molecule has 3 rings (SSSR count). The first-order chi connectivity index (χ1) is 15.9. The highest BCUT2D eigenvalue weighted by molar-refractivity contribution is 6.21. The Labute approximate surface area is 189 Å². The molecule has 0 unspecified atom stereocenters. The number of carbonyl (C=O) groups excluding carboxylic acids is 4. The molecule has 0 fully saturated rings. The van der Waals surface area contributed by atoms with Crippen LogP contribution in [0, 0.1) is 11.3 Å². The van der Waals surface area contributed by atoms with Crippen LogP contribution >= 0.6 is 0 Å². The number of imide groups is 1. The third-order valence-corrected chi connectivity index (χ3v) is 4.76. The molecule has 0 aliphatic carbocycles. The zero-order chi connectivity index (χ0) is 24.0. The van der Waals surface area contributed by atoms with Gasteiger partial charge < -0.3 is 14.2 Å². The molecule has 2 aromatic carbocycles. The van der Waals surface area contributed by atoms with Gasteiger partial charge in [0.2, 0.25) is 0 Å². The Bertz CT molecular complexity index is 1160. The number of nitriles is 1. The molecule has 2 aromatic rings. The molecule has 2 amide bonds. The summed E-state index contributed by atoms with van der Waals surface area (Å²) in [6.45, 7) is 1.64. The molecule has 0 aromatic heterocycles. The summed E-state index contributed by atoms with van der Waals surface area (Å²) in [4.78, 5) is 49.9. The van der Waals surface area contributed by atoms with E-state index in [2.05, 4.69) is 0 Å². The minimum Gasteiger partial charge on any atom is -0.493 e. The average Bonchev–Trinajstić information content (AvgIpc) is 3.06. The number of benzene rings is 2. The molecule has 0 atom stereocenters. The maximum Gasteiger partial charge on any atom is 0.348 e. The fourth-order valence-electron chi connectivity index (χ4n) is 3.19. The molecule has 0 spiro atoms. The minimum atomic E-state index is -0.748. The van der Waals surface area contributed by atoms with E-state index in [4.69, 9.17) is 19.5 Å². The Morgan fingerprint density at radius 2 is 1.73 bits per heavy atom. The number of fused-ring (bicyclic) bond motifs is 1. The van der Waals surface area contributed by atoms with Crippen LogP contribution < -0.4 is 9.47 Å². The Hall–Kier alpha value is -4.45. The lowest BCUT2D eigenvalue weighted by Gasteiger charge is -2.14. The molecule has 0 N–H and O–H groups in total. The van der Waals surface area contributed by atoms with Crippen molar-refractivity contribution in [3.05, 3.63) is 64.7 Å². The Balaban J connectivity index is 1.67. The first-order valence-electron chi connectivity index (χ1n) is 10.0. The van der Waals surface area contributed by atoms with Crippen LogP contribution in [0.15, 0.2) is 48.0 Å². The number of esters is 2. The third-order valence-electron chi connectivity index (χ3n) is 4.76. The van der Waals surface area contributed by atoms with E-state index in [1.807, 2.05) is 0 Å². The fourth-order valence-corrected chi connectivity index (χ4v) is 3.19. The normalized spacial score (nSPS) is 12.8. The van der Waals surface area contributed by atoms with Gasteiger partial charge in [0.05, 0.1) is 31.3 Å². The van der Waals surface area contributed by atoms with Crippen LogP contribution in [0.25, 0.3) is 6.08 Å². The third kappa shape index (κ3) is 5.07. The standard InChI is InChI=1S/C24H20N2O7/c1-3-32-24(30)16(14-25)12-15-8-9-19(20(13-15)31-2)33-21(27)10-11-26-22(28)17-6-4-5-7-18(17)23(26)29/h4-9,12-13H,3,10-11H2,1-2H3. The molecular weight excluding hydrogens is 428 g/mol. The van der Waals surface area contributed by atoms with Crippen molar-refractivity contribution < 1.29 is 33.4 Å². The second-order valence-corrected chi connectivity index (χ2v) is 6.83. The summed E-state index contributed by atoms with van der Waals surface area (Å²) >= 11 is 0. The predicted molar refractivity (Wildman–Crippen MR) is 115 cm³/mol. The van der Waals surface area contributed by atoms with Gasteiger partial charge >= 0.3 is 11.9 Å². The lowest BCUT2D eigenvalue weighted by Crippen LogP contribution is -2.32. The zero-order valence-corrected chi connectivity index (χ0v) is 18.0. The van der Waals surface area contributed by atoms with Gasteiger partial charge in [-0.2, -0.15) is 5.26 Å². The van der Waals surface area contributed by atoms with Gasteiger partial charge in [-0.15, -0.1) is 0 Å². The van der Waals surface area contributed by atoms with Gasteiger partial charge in [-0.25, -0.2) is 4.79 Å². The number of hydrogen-bond donors (Lipinski definition) is 0. The van der Waals surface area contributed by atoms with Crippen LogP contribution in [0.2, 0.25) is 0 Å². The van der Waals surface area contributed by atoms with E-state index in [9.17, 15) is 19.2 Å². The molecule has 0 bridgehead atoms. The van der Waals surface area contributed by atoms with E-state index in [1.165, 1.54) is 31.4 Å². The summed E-state index contributed by atoms with van der Waals surface area (Å²) in [7, 11) is 1.37. The van der Waals surface area contributed by atoms with Crippen LogP contribution in [-0.4, -0.2) is 48.9 Å². The largest absolute Gasteiger partial charge is 0.493 e. The second-order valence-electron chi connectivity index (χ2n) is 6.83. The van der Waals surface area contributed by atoms with Gasteiger partial charge in [0.15, 0.2) is 11.5 Å². The SMILES string of the molecule is CCOC(=O)C(C#N)=Cc1ccc(OC(=O)CCN2C(=O)c3ccccc3C2=O)c(OC)c1. The van der Waals surface area contributed by atoms with Crippen molar-refractivity contribution in [2.24, 2.45) is 0 Å². The van der Waals surface area contributed by atoms with Crippen LogP contribution in [0.1, 0.15) is 39.6 Å². The number of hydrogen-bond acceptors (Lipinski definition) is 8. The molecule has 0 radical (unpaired) electrons. The van der Waals surface area contributed by atoms with Gasteiger partial charge in [0.1, 0.15) is 11.6 Å². The van der Waals surface area contributed by atoms with Gasteiger partial charge in [-0.3, -0.25) is 19.3 Å². The molecule has 1 heterocycles. The zero-order valence-electron chi connectivity index (χ0n) is 18.0. The van der Waals surface area contributed by atoms with Crippen molar-refractivity contribution >= 4 is 29.8 Å². The van der Waals surface area contributed by atoms with E-state index >= 15 is 0 Å². The highest BCUT2D eigenvalue weighted by Gasteiger charge is 2.35. The molecule has 0 saturated carbocycles. The molecule has 1 aliphatic rings. The number of rotatable bonds is 8. The van der Waals surface area contributed by atoms with Crippen LogP contribution in [0.5, 0.6) is 11.5 Å².